The zero-order chi connectivity index (χ0) is 8.65. The van der Waals surface area contributed by atoms with Crippen LogP contribution in [0.3, 0.4) is 0 Å². The van der Waals surface area contributed by atoms with Crippen molar-refractivity contribution in [3.63, 3.8) is 0 Å². The quantitative estimate of drug-likeness (QED) is 0.568. The molecule has 0 bridgehead atoms. The molecule has 0 aliphatic carbocycles. The fourth-order valence-corrected chi connectivity index (χ4v) is 1.25. The van der Waals surface area contributed by atoms with E-state index in [-0.39, 0.29) is 11.3 Å². The maximum atomic E-state index is 11.0. The molecular weight excluding hydrogens is 146 g/mol. The van der Waals surface area contributed by atoms with Crippen LogP contribution in [0.25, 0.3) is 0 Å². The van der Waals surface area contributed by atoms with Gasteiger partial charge in [-0.15, -0.1) is 0 Å². The molecule has 62 valence electrons. The van der Waals surface area contributed by atoms with Crippen LogP contribution in [0, 0.1) is 5.41 Å². The molecule has 0 radical (unpaired) electrons. The van der Waals surface area contributed by atoms with Gasteiger partial charge < -0.3 is 5.11 Å². The first-order chi connectivity index (χ1) is 4.92. The maximum Gasteiger partial charge on any atom is 0.414 e. The van der Waals surface area contributed by atoms with Crippen LogP contribution in [-0.2, 0) is 4.79 Å². The van der Waals surface area contributed by atoms with Crippen molar-refractivity contribution in [1.82, 2.24) is 4.90 Å². The fraction of sp³-hybridized carbons (Fsp3) is 0.714. The van der Waals surface area contributed by atoms with Crippen LogP contribution in [0.1, 0.15) is 20.3 Å². The van der Waals surface area contributed by atoms with Crippen molar-refractivity contribution in [3.8, 4) is 0 Å². The molecule has 0 aromatic carbocycles. The highest BCUT2D eigenvalue weighted by Gasteiger charge is 2.38. The van der Waals surface area contributed by atoms with E-state index in [1.807, 2.05) is 13.8 Å². The summed E-state index contributed by atoms with van der Waals surface area (Å²) in [6.07, 6.45) is -0.806. The summed E-state index contributed by atoms with van der Waals surface area (Å²) in [5.74, 6) is -0.289. The third-order valence-electron chi connectivity index (χ3n) is 1.75. The van der Waals surface area contributed by atoms with Gasteiger partial charge in [0, 0.05) is 13.0 Å². The Hall–Kier alpha value is -1.06. The average Bonchev–Trinajstić information content (AvgIpc) is 2.05. The van der Waals surface area contributed by atoms with E-state index in [0.29, 0.717) is 13.0 Å². The lowest BCUT2D eigenvalue weighted by Gasteiger charge is -2.14. The van der Waals surface area contributed by atoms with Gasteiger partial charge in [-0.25, -0.2) is 9.69 Å². The van der Waals surface area contributed by atoms with Crippen molar-refractivity contribution in [1.29, 1.82) is 0 Å². The molecule has 0 aromatic rings. The van der Waals surface area contributed by atoms with Gasteiger partial charge in [0.25, 0.3) is 0 Å². The molecule has 1 fully saturated rings. The molecule has 4 heteroatoms. The summed E-state index contributed by atoms with van der Waals surface area (Å²) < 4.78 is 0. The monoisotopic (exact) mass is 157 g/mol. The predicted molar refractivity (Wildman–Crippen MR) is 38.1 cm³/mol. The van der Waals surface area contributed by atoms with Crippen LogP contribution in [0.5, 0.6) is 0 Å². The second-order valence-electron chi connectivity index (χ2n) is 3.60. The Labute approximate surface area is 64.8 Å². The van der Waals surface area contributed by atoms with Crippen molar-refractivity contribution >= 4 is 12.0 Å². The molecule has 1 heterocycles. The summed E-state index contributed by atoms with van der Waals surface area (Å²) in [7, 11) is 0. The van der Waals surface area contributed by atoms with E-state index in [1.54, 1.807) is 0 Å². The molecule has 1 rings (SSSR count). The third-order valence-corrected chi connectivity index (χ3v) is 1.75. The minimum absolute atomic E-state index is 0.185. The number of hydrogen-bond donors (Lipinski definition) is 1. The van der Waals surface area contributed by atoms with E-state index in [2.05, 4.69) is 0 Å². The van der Waals surface area contributed by atoms with Crippen LogP contribution >= 0.6 is 0 Å². The fourth-order valence-electron chi connectivity index (χ4n) is 1.25. The molecule has 1 N–H and O–H groups in total. The van der Waals surface area contributed by atoms with E-state index in [4.69, 9.17) is 5.11 Å². The van der Waals surface area contributed by atoms with Crippen LogP contribution in [0.2, 0.25) is 0 Å². The van der Waals surface area contributed by atoms with Gasteiger partial charge in [0.2, 0.25) is 5.91 Å². The summed E-state index contributed by atoms with van der Waals surface area (Å²) >= 11 is 0. The highest BCUT2D eigenvalue weighted by atomic mass is 16.4. The molecule has 0 unspecified atom stereocenters. The molecule has 1 aliphatic heterocycles. The number of hydrogen-bond acceptors (Lipinski definition) is 2. The molecule has 11 heavy (non-hydrogen) atoms. The number of carbonyl (C=O) groups excluding carboxylic acids is 1. The summed E-state index contributed by atoms with van der Waals surface area (Å²) in [6, 6.07) is 0. The molecule has 0 saturated carbocycles. The number of imide groups is 1. The number of likely N-dealkylation sites (tertiary alicyclic amines) is 1. The molecule has 4 nitrogen and oxygen atoms in total. The smallest absolute Gasteiger partial charge is 0.414 e. The largest absolute Gasteiger partial charge is 0.465 e. The maximum absolute atomic E-state index is 11.0. The molecule has 1 saturated heterocycles. The van der Waals surface area contributed by atoms with Crippen molar-refractivity contribution in [3.05, 3.63) is 0 Å². The first-order valence-corrected chi connectivity index (χ1v) is 3.46. The van der Waals surface area contributed by atoms with Crippen LogP contribution in [-0.4, -0.2) is 28.6 Å². The van der Waals surface area contributed by atoms with Crippen LogP contribution in [0.4, 0.5) is 4.79 Å². The van der Waals surface area contributed by atoms with Crippen molar-refractivity contribution in [2.24, 2.45) is 5.41 Å². The Kier molecular flexibility index (Phi) is 1.62. The number of rotatable bonds is 0. The normalized spacial score (nSPS) is 22.4. The van der Waals surface area contributed by atoms with E-state index >= 15 is 0 Å². The molecule has 0 spiro atoms. The van der Waals surface area contributed by atoms with Gasteiger partial charge >= 0.3 is 6.09 Å². The standard InChI is InChI=1S/C7H11NO3/c1-7(2)3-5(9)8(4-7)6(10)11/h3-4H2,1-2H3,(H,10,11). The SMILES string of the molecule is CC1(C)CC(=O)N(C(=O)O)C1. The van der Waals surface area contributed by atoms with E-state index in [0.717, 1.165) is 4.90 Å². The molecule has 0 atom stereocenters. The van der Waals surface area contributed by atoms with Gasteiger partial charge in [-0.3, -0.25) is 4.79 Å². The second kappa shape index (κ2) is 2.22. The van der Waals surface area contributed by atoms with E-state index < -0.39 is 6.09 Å². The first kappa shape index (κ1) is 8.04. The van der Waals surface area contributed by atoms with Gasteiger partial charge in [0.05, 0.1) is 0 Å². The lowest BCUT2D eigenvalue weighted by atomic mass is 9.93. The molecular formula is C7H11NO3. The second-order valence-corrected chi connectivity index (χ2v) is 3.60. The third kappa shape index (κ3) is 1.50. The van der Waals surface area contributed by atoms with Gasteiger partial charge in [0.15, 0.2) is 0 Å². The topological polar surface area (TPSA) is 57.6 Å². The minimum Gasteiger partial charge on any atom is -0.465 e. The van der Waals surface area contributed by atoms with E-state index in [9.17, 15) is 9.59 Å². The zero-order valence-electron chi connectivity index (χ0n) is 6.63. The minimum atomic E-state index is -1.14. The van der Waals surface area contributed by atoms with Crippen LogP contribution in [0.15, 0.2) is 0 Å². The van der Waals surface area contributed by atoms with Gasteiger partial charge in [-0.05, 0) is 5.41 Å². The summed E-state index contributed by atoms with van der Waals surface area (Å²) in [6.45, 7) is 4.09. The zero-order valence-corrected chi connectivity index (χ0v) is 6.63. The summed E-state index contributed by atoms with van der Waals surface area (Å²) in [5.41, 5.74) is -0.185. The lowest BCUT2D eigenvalue weighted by Crippen LogP contribution is -2.31. The number of nitrogens with zero attached hydrogens (tertiary/aromatic N) is 1. The number of amides is 2. The van der Waals surface area contributed by atoms with Crippen LogP contribution < -0.4 is 0 Å². The van der Waals surface area contributed by atoms with Gasteiger partial charge in [-0.1, -0.05) is 13.8 Å². The Morgan fingerprint density at radius 1 is 1.64 bits per heavy atom. The average molecular weight is 157 g/mol. The molecule has 1 aliphatic rings. The van der Waals surface area contributed by atoms with Crippen molar-refractivity contribution in [2.45, 2.75) is 20.3 Å². The highest BCUT2D eigenvalue weighted by molar-refractivity contribution is 5.93. The number of carbonyl (C=O) groups is 2. The van der Waals surface area contributed by atoms with Crippen molar-refractivity contribution in [2.75, 3.05) is 6.54 Å². The predicted octanol–water partition coefficient (Wildman–Crippen LogP) is 0.923. The number of carboxylic acid groups (broad SMARTS) is 1. The van der Waals surface area contributed by atoms with Gasteiger partial charge in [0.1, 0.15) is 0 Å². The van der Waals surface area contributed by atoms with E-state index in [1.165, 1.54) is 0 Å². The Bertz CT molecular complexity index is 210. The summed E-state index contributed by atoms with van der Waals surface area (Å²) in [4.78, 5) is 22.3. The Morgan fingerprint density at radius 3 is 2.36 bits per heavy atom. The lowest BCUT2D eigenvalue weighted by molar-refractivity contribution is -0.126. The Morgan fingerprint density at radius 2 is 2.18 bits per heavy atom. The van der Waals surface area contributed by atoms with Crippen molar-refractivity contribution < 1.29 is 14.7 Å². The summed E-state index contributed by atoms with van der Waals surface area (Å²) in [5, 5.41) is 8.52. The highest BCUT2D eigenvalue weighted by Crippen LogP contribution is 2.29. The van der Waals surface area contributed by atoms with Gasteiger partial charge in [-0.2, -0.15) is 0 Å². The Balaban J connectivity index is 2.74. The molecule has 2 amide bonds. The molecule has 0 aromatic heterocycles. The first-order valence-electron chi connectivity index (χ1n) is 3.46.